The highest BCUT2D eigenvalue weighted by Gasteiger charge is 2.42. The van der Waals surface area contributed by atoms with E-state index in [0.717, 1.165) is 44.7 Å². The standard InChI is InChI=1S/C40H50N2O2Si2/c1-25(2)45(26(3)4,27(5)6)19-17-31-13-15-37-33(21-31)41-35-23-40-36(24-39(35)43-37)42-34-22-32(14-16-38(34)44-40)18-20-46(28(7)8,29(9)10)30(11)12/h13-16,21-30H,1-12H3. The summed E-state index contributed by atoms with van der Waals surface area (Å²) in [5.74, 6) is 9.89. The van der Waals surface area contributed by atoms with E-state index in [1.54, 1.807) is 0 Å². The smallest absolute Gasteiger partial charge is 0.155 e. The van der Waals surface area contributed by atoms with Crippen LogP contribution in [-0.2, 0) is 0 Å². The number of fused-ring (bicyclic) bond motifs is 4. The highest BCUT2D eigenvalue weighted by atomic mass is 28.3. The summed E-state index contributed by atoms with van der Waals surface area (Å²) in [6.07, 6.45) is 0. The molecule has 4 nitrogen and oxygen atoms in total. The fourth-order valence-electron chi connectivity index (χ4n) is 8.14. The van der Waals surface area contributed by atoms with Crippen LogP contribution in [0.2, 0.25) is 33.2 Å². The number of rotatable bonds is 6. The van der Waals surface area contributed by atoms with Gasteiger partial charge in [0.25, 0.3) is 0 Å². The Bertz CT molecular complexity index is 1720. The van der Waals surface area contributed by atoms with Crippen molar-refractivity contribution in [1.82, 2.24) is 0 Å². The van der Waals surface area contributed by atoms with Crippen LogP contribution in [0.1, 0.15) is 94.2 Å². The Morgan fingerprint density at radius 2 is 0.783 bits per heavy atom. The summed E-state index contributed by atoms with van der Waals surface area (Å²) >= 11 is 0. The summed E-state index contributed by atoms with van der Waals surface area (Å²) in [6, 6.07) is 16.0. The maximum atomic E-state index is 6.35. The maximum Gasteiger partial charge on any atom is 0.155 e. The Labute approximate surface area is 278 Å². The summed E-state index contributed by atoms with van der Waals surface area (Å²) in [7, 11) is -3.67. The number of hydrogen-bond acceptors (Lipinski definition) is 4. The highest BCUT2D eigenvalue weighted by molar-refractivity contribution is 6.91. The second-order valence-electron chi connectivity index (χ2n) is 14.9. The summed E-state index contributed by atoms with van der Waals surface area (Å²) in [4.78, 5) is 9.94. The van der Waals surface area contributed by atoms with Crippen molar-refractivity contribution in [3.8, 4) is 45.9 Å². The monoisotopic (exact) mass is 646 g/mol. The Balaban J connectivity index is 1.49. The van der Waals surface area contributed by atoms with E-state index in [0.29, 0.717) is 44.7 Å². The van der Waals surface area contributed by atoms with Gasteiger partial charge in [0.15, 0.2) is 23.0 Å². The van der Waals surface area contributed by atoms with Crippen molar-refractivity contribution >= 4 is 27.5 Å². The van der Waals surface area contributed by atoms with E-state index >= 15 is 0 Å². The Morgan fingerprint density at radius 1 is 0.457 bits per heavy atom. The van der Waals surface area contributed by atoms with Gasteiger partial charge in [-0.3, -0.25) is 0 Å². The SMILES string of the molecule is CC(C)[Si](C#Cc1ccc2c(c1)N=c1cc3c(cc1O2)=Nc1cc(C#C[Si](C(C)C)(C(C)C)C(C)C)ccc1O3)(C(C)C)C(C)C. The molecular weight excluding hydrogens is 597 g/mol. The van der Waals surface area contributed by atoms with E-state index in [9.17, 15) is 0 Å². The van der Waals surface area contributed by atoms with Crippen LogP contribution in [0.25, 0.3) is 0 Å². The predicted octanol–water partition coefficient (Wildman–Crippen LogP) is 10.9. The lowest BCUT2D eigenvalue weighted by Crippen LogP contribution is -2.43. The van der Waals surface area contributed by atoms with E-state index in [1.165, 1.54) is 0 Å². The first-order valence-electron chi connectivity index (χ1n) is 17.0. The molecule has 0 fully saturated rings. The average molecular weight is 647 g/mol. The lowest BCUT2D eigenvalue weighted by molar-refractivity contribution is 0.450. The minimum Gasteiger partial charge on any atom is -0.453 e. The van der Waals surface area contributed by atoms with Crippen molar-refractivity contribution < 1.29 is 9.47 Å². The molecule has 0 saturated carbocycles. The molecule has 0 saturated heterocycles. The molecule has 46 heavy (non-hydrogen) atoms. The van der Waals surface area contributed by atoms with Crippen molar-refractivity contribution in [3.63, 3.8) is 0 Å². The Kier molecular flexibility index (Phi) is 9.47. The maximum absolute atomic E-state index is 6.35. The fourth-order valence-corrected chi connectivity index (χ4v) is 18.6. The average Bonchev–Trinajstić information content (AvgIpc) is 2.97. The van der Waals surface area contributed by atoms with Gasteiger partial charge in [-0.05, 0) is 69.6 Å². The molecule has 3 aromatic rings. The molecule has 2 aliphatic rings. The number of ether oxygens (including phenoxy) is 2. The zero-order valence-electron chi connectivity index (χ0n) is 29.8. The van der Waals surface area contributed by atoms with Crippen LogP contribution in [0, 0.1) is 22.9 Å². The van der Waals surface area contributed by atoms with Crippen LogP contribution in [0.3, 0.4) is 0 Å². The minimum absolute atomic E-state index is 0.583. The molecular formula is C40H50N2O2Si2. The van der Waals surface area contributed by atoms with Gasteiger partial charge in [0.2, 0.25) is 0 Å². The zero-order valence-corrected chi connectivity index (χ0v) is 31.8. The molecule has 0 aliphatic carbocycles. The molecule has 240 valence electrons. The largest absolute Gasteiger partial charge is 0.453 e. The molecule has 2 aliphatic heterocycles. The minimum atomic E-state index is -1.84. The van der Waals surface area contributed by atoms with Crippen molar-refractivity contribution in [2.75, 3.05) is 0 Å². The summed E-state index contributed by atoms with van der Waals surface area (Å²) in [5, 5.41) is 1.45. The molecule has 0 radical (unpaired) electrons. The second kappa shape index (κ2) is 12.9. The number of hydrogen-bond donors (Lipinski definition) is 0. The van der Waals surface area contributed by atoms with E-state index < -0.39 is 16.1 Å². The van der Waals surface area contributed by atoms with E-state index in [2.05, 4.69) is 106 Å². The fraction of sp³-hybridized carbons (Fsp3) is 0.450. The lowest BCUT2D eigenvalue weighted by atomic mass is 10.1. The molecule has 5 rings (SSSR count). The zero-order chi connectivity index (χ0) is 33.6. The molecule has 0 amide bonds. The van der Waals surface area contributed by atoms with Crippen molar-refractivity contribution in [2.45, 2.75) is 116 Å². The second-order valence-corrected chi connectivity index (χ2v) is 26.0. The molecule has 0 spiro atoms. The topological polar surface area (TPSA) is 43.2 Å². The van der Waals surface area contributed by atoms with Gasteiger partial charge in [0.1, 0.15) is 38.2 Å². The molecule has 0 atom stereocenters. The van der Waals surface area contributed by atoms with E-state index in [1.807, 2.05) is 48.5 Å². The van der Waals surface area contributed by atoms with Crippen LogP contribution in [0.15, 0.2) is 58.5 Å². The Hall–Kier alpha value is -3.59. The molecule has 0 bridgehead atoms. The summed E-state index contributed by atoms with van der Waals surface area (Å²) in [6.45, 7) is 28.1. The molecule has 6 heteroatoms. The molecule has 0 unspecified atom stereocenters. The third-order valence-electron chi connectivity index (χ3n) is 10.5. The highest BCUT2D eigenvalue weighted by Crippen LogP contribution is 2.43. The predicted molar refractivity (Wildman–Crippen MR) is 197 cm³/mol. The van der Waals surface area contributed by atoms with E-state index in [4.69, 9.17) is 19.5 Å². The number of nitrogens with zero attached hydrogens (tertiary/aromatic N) is 2. The summed E-state index contributed by atoms with van der Waals surface area (Å²) in [5.41, 5.74) is 14.7. The van der Waals surface area contributed by atoms with Gasteiger partial charge >= 0.3 is 0 Å². The van der Waals surface area contributed by atoms with Crippen LogP contribution in [-0.4, -0.2) is 16.1 Å². The van der Waals surface area contributed by atoms with Crippen LogP contribution in [0.4, 0.5) is 11.4 Å². The lowest BCUT2D eigenvalue weighted by Gasteiger charge is -2.38. The van der Waals surface area contributed by atoms with Gasteiger partial charge in [-0.25, -0.2) is 9.98 Å². The van der Waals surface area contributed by atoms with Gasteiger partial charge in [-0.2, -0.15) is 0 Å². The van der Waals surface area contributed by atoms with Crippen molar-refractivity contribution in [2.24, 2.45) is 9.98 Å². The first-order valence-corrected chi connectivity index (χ1v) is 21.5. The quantitative estimate of drug-likeness (QED) is 0.136. The van der Waals surface area contributed by atoms with Crippen molar-refractivity contribution in [3.05, 3.63) is 70.4 Å². The first kappa shape index (κ1) is 33.8. The third-order valence-corrected chi connectivity index (χ3v) is 23.0. The van der Waals surface area contributed by atoms with E-state index in [-0.39, 0.29) is 0 Å². The van der Waals surface area contributed by atoms with Gasteiger partial charge < -0.3 is 9.47 Å². The third kappa shape index (κ3) is 5.99. The van der Waals surface area contributed by atoms with Crippen LogP contribution in [0.5, 0.6) is 23.0 Å². The molecule has 3 aromatic carbocycles. The van der Waals surface area contributed by atoms with Gasteiger partial charge in [-0.1, -0.05) is 94.9 Å². The van der Waals surface area contributed by atoms with Crippen LogP contribution < -0.4 is 20.2 Å². The molecule has 0 N–H and O–H groups in total. The van der Waals surface area contributed by atoms with Gasteiger partial charge in [0.05, 0.1) is 0 Å². The Morgan fingerprint density at radius 3 is 1.09 bits per heavy atom. The summed E-state index contributed by atoms with van der Waals surface area (Å²) < 4.78 is 12.7. The first-order chi connectivity index (χ1) is 21.7. The van der Waals surface area contributed by atoms with Crippen LogP contribution >= 0.6 is 0 Å². The number of benzene rings is 3. The van der Waals surface area contributed by atoms with Gasteiger partial charge in [-0.15, -0.1) is 11.1 Å². The molecule has 2 heterocycles. The normalized spacial score (nSPS) is 13.4. The van der Waals surface area contributed by atoms with Gasteiger partial charge in [0, 0.05) is 23.3 Å². The molecule has 0 aromatic heterocycles. The van der Waals surface area contributed by atoms with Crippen molar-refractivity contribution in [1.29, 1.82) is 0 Å².